The van der Waals surface area contributed by atoms with Crippen molar-refractivity contribution in [1.29, 1.82) is 0 Å². The fraction of sp³-hybridized carbons (Fsp3) is 0.0800. The van der Waals surface area contributed by atoms with Crippen LogP contribution < -0.4 is 19.5 Å². The number of hydrogen-bond donors (Lipinski definition) is 1. The number of esters is 1. The van der Waals surface area contributed by atoms with E-state index in [0.717, 1.165) is 6.07 Å². The highest BCUT2D eigenvalue weighted by atomic mass is 35.5. The lowest BCUT2D eigenvalue weighted by molar-refractivity contribution is 0.0597. The number of halogens is 3. The molecule has 11 heteroatoms. The summed E-state index contributed by atoms with van der Waals surface area (Å²) in [6.07, 6.45) is 0.349. The lowest BCUT2D eigenvalue weighted by Gasteiger charge is -2.15. The van der Waals surface area contributed by atoms with Crippen LogP contribution >= 0.6 is 11.6 Å². The van der Waals surface area contributed by atoms with Gasteiger partial charge in [0, 0.05) is 23.7 Å². The van der Waals surface area contributed by atoms with Crippen LogP contribution in [0.5, 0.6) is 23.0 Å². The van der Waals surface area contributed by atoms with Gasteiger partial charge in [0.25, 0.3) is 0 Å². The van der Waals surface area contributed by atoms with Crippen molar-refractivity contribution in [3.63, 3.8) is 0 Å². The molecule has 1 amide bonds. The van der Waals surface area contributed by atoms with Crippen LogP contribution in [-0.2, 0) is 4.74 Å². The van der Waals surface area contributed by atoms with E-state index in [9.17, 15) is 14.0 Å². The van der Waals surface area contributed by atoms with Crippen molar-refractivity contribution in [1.82, 2.24) is 4.98 Å². The minimum atomic E-state index is -1.27. The number of hydrogen-bond acceptors (Lipinski definition) is 7. The Hall–Kier alpha value is -4.44. The zero-order valence-electron chi connectivity index (χ0n) is 18.8. The number of carbonyl (C=O) groups is 2. The second-order valence-corrected chi connectivity index (χ2v) is 7.54. The van der Waals surface area contributed by atoms with Crippen molar-refractivity contribution in [2.75, 3.05) is 19.5 Å². The van der Waals surface area contributed by atoms with Crippen LogP contribution in [0.2, 0.25) is 5.02 Å². The molecule has 1 aromatic heterocycles. The van der Waals surface area contributed by atoms with Crippen LogP contribution in [-0.4, -0.2) is 31.3 Å². The third kappa shape index (κ3) is 4.98. The van der Waals surface area contributed by atoms with Crippen LogP contribution in [0.25, 0.3) is 10.9 Å². The zero-order valence-corrected chi connectivity index (χ0v) is 19.6. The summed E-state index contributed by atoms with van der Waals surface area (Å²) >= 11 is 6.05. The number of amides is 1. The van der Waals surface area contributed by atoms with Crippen LogP contribution in [0.1, 0.15) is 10.4 Å². The number of pyridine rings is 1. The Balaban J connectivity index is 1.67. The molecule has 0 unspecified atom stereocenters. The van der Waals surface area contributed by atoms with E-state index in [0.29, 0.717) is 5.52 Å². The lowest BCUT2D eigenvalue weighted by atomic mass is 10.1. The van der Waals surface area contributed by atoms with Gasteiger partial charge < -0.3 is 18.9 Å². The van der Waals surface area contributed by atoms with Gasteiger partial charge in [0.2, 0.25) is 0 Å². The first kappa shape index (κ1) is 24.7. The Bertz CT molecular complexity index is 1470. The van der Waals surface area contributed by atoms with Gasteiger partial charge in [-0.15, -0.1) is 0 Å². The van der Waals surface area contributed by atoms with Gasteiger partial charge in [-0.1, -0.05) is 29.8 Å². The van der Waals surface area contributed by atoms with Gasteiger partial charge in [-0.05, 0) is 24.3 Å². The summed E-state index contributed by atoms with van der Waals surface area (Å²) in [7, 11) is 2.57. The van der Waals surface area contributed by atoms with Gasteiger partial charge in [0.1, 0.15) is 27.8 Å². The Kier molecular flexibility index (Phi) is 7.16. The molecule has 0 saturated heterocycles. The van der Waals surface area contributed by atoms with E-state index in [2.05, 4.69) is 10.3 Å². The molecular weight excluding hydrogens is 498 g/mol. The van der Waals surface area contributed by atoms with E-state index in [4.69, 9.17) is 30.5 Å². The fourth-order valence-corrected chi connectivity index (χ4v) is 3.47. The smallest absolute Gasteiger partial charge is 0.417 e. The molecule has 0 spiro atoms. The average Bonchev–Trinajstić information content (AvgIpc) is 2.88. The van der Waals surface area contributed by atoms with Crippen LogP contribution in [0, 0.1) is 11.6 Å². The van der Waals surface area contributed by atoms with Crippen LogP contribution in [0.15, 0.2) is 60.8 Å². The summed E-state index contributed by atoms with van der Waals surface area (Å²) in [6.45, 7) is 0. The van der Waals surface area contributed by atoms with Crippen molar-refractivity contribution in [2.45, 2.75) is 0 Å². The maximum atomic E-state index is 15.1. The highest BCUT2D eigenvalue weighted by molar-refractivity contribution is 6.34. The van der Waals surface area contributed by atoms with Gasteiger partial charge >= 0.3 is 12.1 Å². The molecule has 36 heavy (non-hydrogen) atoms. The normalized spacial score (nSPS) is 10.6. The number of fused-ring (bicyclic) bond motifs is 1. The molecule has 0 atom stereocenters. The highest BCUT2D eigenvalue weighted by Gasteiger charge is 2.23. The molecular formula is C25H17ClF2N2O6. The van der Waals surface area contributed by atoms with Crippen molar-refractivity contribution >= 4 is 40.3 Å². The molecule has 3 aromatic carbocycles. The summed E-state index contributed by atoms with van der Waals surface area (Å²) < 4.78 is 50.5. The number of rotatable bonds is 6. The summed E-state index contributed by atoms with van der Waals surface area (Å²) in [6, 6.07) is 13.0. The number of carbonyl (C=O) groups excluding carboxylic acids is 2. The molecule has 4 aromatic rings. The molecule has 0 fully saturated rings. The van der Waals surface area contributed by atoms with Gasteiger partial charge in [-0.3, -0.25) is 10.3 Å². The maximum Gasteiger partial charge on any atom is 0.417 e. The molecule has 1 heterocycles. The monoisotopic (exact) mass is 514 g/mol. The molecule has 0 aliphatic rings. The first-order chi connectivity index (χ1) is 17.3. The number of nitrogens with one attached hydrogen (secondary N) is 1. The molecule has 0 saturated carbocycles. The zero-order chi connectivity index (χ0) is 25.8. The van der Waals surface area contributed by atoms with E-state index < -0.39 is 34.5 Å². The van der Waals surface area contributed by atoms with E-state index in [1.807, 2.05) is 0 Å². The van der Waals surface area contributed by atoms with Crippen molar-refractivity contribution in [3.8, 4) is 23.0 Å². The van der Waals surface area contributed by atoms with Gasteiger partial charge in [0.05, 0.1) is 25.4 Å². The number of nitrogens with zero attached hydrogens (tertiary/aromatic N) is 1. The molecule has 8 nitrogen and oxygen atoms in total. The molecule has 184 valence electrons. The second kappa shape index (κ2) is 10.4. The molecule has 0 aliphatic heterocycles. The largest absolute Gasteiger partial charge is 0.496 e. The average molecular weight is 515 g/mol. The second-order valence-electron chi connectivity index (χ2n) is 7.16. The van der Waals surface area contributed by atoms with Crippen LogP contribution in [0.3, 0.4) is 0 Å². The standard InChI is InChI=1S/C25H17ClF2N2O6/c1-33-20-12-17-14(10-15(20)24(31)34-2)19(8-9-29-17)36-23-16(27)11-18(21(26)22(23)28)30-25(32)35-13-6-4-3-5-7-13/h3-12H,1-2H3,(H,30,32). The molecule has 0 bridgehead atoms. The van der Waals surface area contributed by atoms with Crippen LogP contribution in [0.4, 0.5) is 19.3 Å². The Morgan fingerprint density at radius 3 is 2.44 bits per heavy atom. The molecule has 0 aliphatic carbocycles. The summed E-state index contributed by atoms with van der Waals surface area (Å²) in [5, 5.41) is 1.84. The van der Waals surface area contributed by atoms with E-state index >= 15 is 4.39 Å². The quantitative estimate of drug-likeness (QED) is 0.236. The summed E-state index contributed by atoms with van der Waals surface area (Å²) in [5.41, 5.74) is 0.0175. The first-order valence-corrected chi connectivity index (χ1v) is 10.6. The number of benzene rings is 3. The Morgan fingerprint density at radius 1 is 1.00 bits per heavy atom. The predicted octanol–water partition coefficient (Wildman–Crippen LogP) is 6.36. The molecule has 0 radical (unpaired) electrons. The number of ether oxygens (including phenoxy) is 4. The topological polar surface area (TPSA) is 96.0 Å². The van der Waals surface area contributed by atoms with E-state index in [1.165, 1.54) is 50.7 Å². The number of para-hydroxylation sites is 1. The predicted molar refractivity (Wildman–Crippen MR) is 127 cm³/mol. The third-order valence-corrected chi connectivity index (χ3v) is 5.32. The lowest BCUT2D eigenvalue weighted by Crippen LogP contribution is -2.17. The minimum absolute atomic E-state index is 0.0223. The SMILES string of the molecule is COC(=O)c1cc2c(Oc3c(F)cc(NC(=O)Oc4ccccc4)c(Cl)c3F)ccnc2cc1OC. The van der Waals surface area contributed by atoms with E-state index in [-0.39, 0.29) is 33.9 Å². The van der Waals surface area contributed by atoms with Gasteiger partial charge in [-0.25, -0.2) is 18.4 Å². The van der Waals surface area contributed by atoms with E-state index in [1.54, 1.807) is 18.2 Å². The third-order valence-electron chi connectivity index (χ3n) is 4.95. The molecule has 1 N–H and O–H groups in total. The van der Waals surface area contributed by atoms with Crippen molar-refractivity contribution in [3.05, 3.63) is 83.0 Å². The van der Waals surface area contributed by atoms with Gasteiger partial charge in [-0.2, -0.15) is 0 Å². The summed E-state index contributed by atoms with van der Waals surface area (Å²) in [4.78, 5) is 28.4. The summed E-state index contributed by atoms with van der Waals surface area (Å²) in [5.74, 6) is -3.55. The molecule has 4 rings (SSSR count). The van der Waals surface area contributed by atoms with Crippen molar-refractivity contribution in [2.24, 2.45) is 0 Å². The first-order valence-electron chi connectivity index (χ1n) is 10.3. The Morgan fingerprint density at radius 2 is 1.75 bits per heavy atom. The number of aromatic nitrogens is 1. The highest BCUT2D eigenvalue weighted by Crippen LogP contribution is 2.39. The van der Waals surface area contributed by atoms with Crippen molar-refractivity contribution < 1.29 is 37.3 Å². The minimum Gasteiger partial charge on any atom is -0.496 e. The number of methoxy groups -OCH3 is 2. The Labute approximate surface area is 208 Å². The fourth-order valence-electron chi connectivity index (χ4n) is 3.28. The maximum absolute atomic E-state index is 15.1. The number of anilines is 1. The van der Waals surface area contributed by atoms with Gasteiger partial charge in [0.15, 0.2) is 17.4 Å².